The van der Waals surface area contributed by atoms with E-state index in [4.69, 9.17) is 10.00 Å². The van der Waals surface area contributed by atoms with Crippen molar-refractivity contribution in [1.29, 1.82) is 5.26 Å². The third-order valence-electron chi connectivity index (χ3n) is 2.61. The molecular formula is C9H14N2O. The highest BCUT2D eigenvalue weighted by atomic mass is 16.5. The smallest absolute Gasteiger partial charge is 0.130 e. The van der Waals surface area contributed by atoms with Gasteiger partial charge in [0.05, 0.1) is 19.3 Å². The number of ether oxygens (including phenoxy) is 1. The van der Waals surface area contributed by atoms with Gasteiger partial charge < -0.3 is 4.74 Å². The van der Waals surface area contributed by atoms with Crippen LogP contribution < -0.4 is 5.32 Å². The maximum atomic E-state index is 9.03. The summed E-state index contributed by atoms with van der Waals surface area (Å²) in [5.74, 6) is 0.777. The molecule has 0 amide bonds. The van der Waals surface area contributed by atoms with E-state index in [2.05, 4.69) is 11.4 Å². The highest BCUT2D eigenvalue weighted by molar-refractivity contribution is 5.10. The largest absolute Gasteiger partial charge is 0.377 e. The Morgan fingerprint density at radius 1 is 1.58 bits per heavy atom. The fourth-order valence-corrected chi connectivity index (χ4v) is 1.72. The predicted octanol–water partition coefficient (Wildman–Crippen LogP) is 0.669. The zero-order chi connectivity index (χ0) is 8.44. The molecule has 1 aliphatic heterocycles. The van der Waals surface area contributed by atoms with E-state index in [1.807, 2.05) is 0 Å². The summed E-state index contributed by atoms with van der Waals surface area (Å²) in [5, 5.41) is 12.3. The Labute approximate surface area is 72.7 Å². The van der Waals surface area contributed by atoms with Crippen molar-refractivity contribution in [3.8, 4) is 6.07 Å². The number of hydrogen-bond donors (Lipinski definition) is 1. The van der Waals surface area contributed by atoms with Crippen molar-refractivity contribution in [2.45, 2.75) is 24.8 Å². The molecule has 1 saturated heterocycles. The van der Waals surface area contributed by atoms with Gasteiger partial charge in [-0.05, 0) is 12.3 Å². The van der Waals surface area contributed by atoms with Crippen molar-refractivity contribution in [1.82, 2.24) is 5.32 Å². The summed E-state index contributed by atoms with van der Waals surface area (Å²) in [4.78, 5) is 0. The molecule has 1 aliphatic carbocycles. The van der Waals surface area contributed by atoms with E-state index in [1.54, 1.807) is 0 Å². The zero-order valence-electron chi connectivity index (χ0n) is 7.18. The molecule has 0 aromatic heterocycles. The lowest BCUT2D eigenvalue weighted by Gasteiger charge is -2.31. The van der Waals surface area contributed by atoms with Gasteiger partial charge in [0.2, 0.25) is 0 Å². The Balaban J connectivity index is 1.96. The van der Waals surface area contributed by atoms with E-state index in [0.717, 1.165) is 25.5 Å². The Morgan fingerprint density at radius 3 is 2.92 bits per heavy atom. The van der Waals surface area contributed by atoms with Crippen molar-refractivity contribution < 1.29 is 4.74 Å². The number of nitriles is 1. The van der Waals surface area contributed by atoms with Gasteiger partial charge in [0.1, 0.15) is 5.54 Å². The molecule has 0 radical (unpaired) electrons. The van der Waals surface area contributed by atoms with Gasteiger partial charge in [-0.2, -0.15) is 5.26 Å². The van der Waals surface area contributed by atoms with Gasteiger partial charge in [0, 0.05) is 6.54 Å². The first kappa shape index (κ1) is 8.03. The second-order valence-electron chi connectivity index (χ2n) is 3.82. The summed E-state index contributed by atoms with van der Waals surface area (Å²) in [6.07, 6.45) is 3.57. The van der Waals surface area contributed by atoms with Gasteiger partial charge >= 0.3 is 0 Å². The highest BCUT2D eigenvalue weighted by Crippen LogP contribution is 2.37. The minimum Gasteiger partial charge on any atom is -0.377 e. The van der Waals surface area contributed by atoms with Gasteiger partial charge in [-0.15, -0.1) is 0 Å². The minimum absolute atomic E-state index is 0.362. The van der Waals surface area contributed by atoms with E-state index in [1.165, 1.54) is 12.8 Å². The number of morpholine rings is 1. The molecule has 0 aromatic carbocycles. The Kier molecular flexibility index (Phi) is 2.03. The third-order valence-corrected chi connectivity index (χ3v) is 2.61. The average Bonchev–Trinajstić information content (AvgIpc) is 2.90. The predicted molar refractivity (Wildman–Crippen MR) is 44.5 cm³/mol. The molecule has 1 saturated carbocycles. The van der Waals surface area contributed by atoms with Crippen molar-refractivity contribution in [3.05, 3.63) is 0 Å². The van der Waals surface area contributed by atoms with Gasteiger partial charge in [0.25, 0.3) is 0 Å². The monoisotopic (exact) mass is 166 g/mol. The molecule has 3 heteroatoms. The topological polar surface area (TPSA) is 45.0 Å². The lowest BCUT2D eigenvalue weighted by Crippen LogP contribution is -2.53. The van der Waals surface area contributed by atoms with Crippen LogP contribution in [0.25, 0.3) is 0 Å². The number of nitrogens with zero attached hydrogens (tertiary/aromatic N) is 1. The van der Waals surface area contributed by atoms with Crippen LogP contribution >= 0.6 is 0 Å². The van der Waals surface area contributed by atoms with Crippen LogP contribution in [0.4, 0.5) is 0 Å². The maximum absolute atomic E-state index is 9.03. The van der Waals surface area contributed by atoms with Gasteiger partial charge in [-0.3, -0.25) is 5.32 Å². The van der Waals surface area contributed by atoms with Crippen LogP contribution in [0.2, 0.25) is 0 Å². The number of nitrogens with one attached hydrogen (secondary N) is 1. The van der Waals surface area contributed by atoms with Crippen LogP contribution in [0.1, 0.15) is 19.3 Å². The quantitative estimate of drug-likeness (QED) is 0.655. The molecule has 12 heavy (non-hydrogen) atoms. The van der Waals surface area contributed by atoms with Gasteiger partial charge in [-0.25, -0.2) is 0 Å². The molecule has 1 N–H and O–H groups in total. The average molecular weight is 166 g/mol. The van der Waals surface area contributed by atoms with Crippen LogP contribution in [0.5, 0.6) is 0 Å². The number of rotatable bonds is 2. The second-order valence-corrected chi connectivity index (χ2v) is 3.82. The van der Waals surface area contributed by atoms with Crippen molar-refractivity contribution in [2.24, 2.45) is 5.92 Å². The zero-order valence-corrected chi connectivity index (χ0v) is 7.18. The molecule has 1 unspecified atom stereocenters. The summed E-state index contributed by atoms with van der Waals surface area (Å²) in [7, 11) is 0. The van der Waals surface area contributed by atoms with E-state index >= 15 is 0 Å². The van der Waals surface area contributed by atoms with Crippen molar-refractivity contribution in [3.63, 3.8) is 0 Å². The fraction of sp³-hybridized carbons (Fsp3) is 0.889. The maximum Gasteiger partial charge on any atom is 0.130 e. The van der Waals surface area contributed by atoms with Crippen LogP contribution in [0, 0.1) is 17.2 Å². The lowest BCUT2D eigenvalue weighted by molar-refractivity contribution is 0.0453. The Morgan fingerprint density at radius 2 is 2.42 bits per heavy atom. The van der Waals surface area contributed by atoms with E-state index in [-0.39, 0.29) is 5.54 Å². The molecule has 1 heterocycles. The summed E-state index contributed by atoms with van der Waals surface area (Å²) >= 11 is 0. The SMILES string of the molecule is N#CC1(CC2CC2)COCCN1. The fourth-order valence-electron chi connectivity index (χ4n) is 1.72. The summed E-state index contributed by atoms with van der Waals surface area (Å²) in [5.41, 5.74) is -0.362. The van der Waals surface area contributed by atoms with Crippen LogP contribution in [-0.4, -0.2) is 25.3 Å². The summed E-state index contributed by atoms with van der Waals surface area (Å²) in [6.45, 7) is 2.13. The Hall–Kier alpha value is -0.590. The third kappa shape index (κ3) is 1.60. The molecule has 0 aromatic rings. The van der Waals surface area contributed by atoms with E-state index in [9.17, 15) is 0 Å². The van der Waals surface area contributed by atoms with Crippen LogP contribution in [0.15, 0.2) is 0 Å². The first-order valence-electron chi connectivity index (χ1n) is 4.59. The number of hydrogen-bond acceptors (Lipinski definition) is 3. The molecule has 0 spiro atoms. The molecule has 3 nitrogen and oxygen atoms in total. The molecule has 2 fully saturated rings. The second kappa shape index (κ2) is 3.04. The minimum atomic E-state index is -0.362. The highest BCUT2D eigenvalue weighted by Gasteiger charge is 2.38. The molecule has 66 valence electrons. The normalized spacial score (nSPS) is 35.9. The summed E-state index contributed by atoms with van der Waals surface area (Å²) < 4.78 is 5.32. The first-order chi connectivity index (χ1) is 5.85. The molecule has 0 bridgehead atoms. The van der Waals surface area contributed by atoms with Crippen LogP contribution in [0.3, 0.4) is 0 Å². The molecule has 2 rings (SSSR count). The van der Waals surface area contributed by atoms with Crippen molar-refractivity contribution in [2.75, 3.05) is 19.8 Å². The van der Waals surface area contributed by atoms with Crippen molar-refractivity contribution >= 4 is 0 Å². The van der Waals surface area contributed by atoms with Crippen LogP contribution in [-0.2, 0) is 4.74 Å². The van der Waals surface area contributed by atoms with Gasteiger partial charge in [-0.1, -0.05) is 12.8 Å². The standard InChI is InChI=1S/C9H14N2O/c10-6-9(5-8-1-2-8)7-12-4-3-11-9/h8,11H,1-5,7H2. The Bertz CT molecular complexity index is 199. The first-order valence-corrected chi connectivity index (χ1v) is 4.59. The summed E-state index contributed by atoms with van der Waals surface area (Å²) in [6, 6.07) is 2.35. The molecule has 2 aliphatic rings. The van der Waals surface area contributed by atoms with Gasteiger partial charge in [0.15, 0.2) is 0 Å². The lowest BCUT2D eigenvalue weighted by atomic mass is 9.94. The van der Waals surface area contributed by atoms with E-state index in [0.29, 0.717) is 6.61 Å². The van der Waals surface area contributed by atoms with E-state index < -0.39 is 0 Å². The molecular weight excluding hydrogens is 152 g/mol. The molecule has 1 atom stereocenters.